The van der Waals surface area contributed by atoms with Crippen LogP contribution in [0.3, 0.4) is 0 Å². The van der Waals surface area contributed by atoms with Crippen molar-refractivity contribution in [1.82, 2.24) is 14.8 Å². The Morgan fingerprint density at radius 2 is 2.00 bits per heavy atom. The quantitative estimate of drug-likeness (QED) is 0.682. The van der Waals surface area contributed by atoms with Crippen molar-refractivity contribution in [2.75, 3.05) is 0 Å². The first-order chi connectivity index (χ1) is 9.69. The van der Waals surface area contributed by atoms with Crippen LogP contribution in [-0.4, -0.2) is 21.1 Å². The van der Waals surface area contributed by atoms with E-state index in [1.807, 2.05) is 42.6 Å². The van der Waals surface area contributed by atoms with Crippen LogP contribution in [0, 0.1) is 0 Å². The third-order valence-corrected chi connectivity index (χ3v) is 3.28. The number of nitrogens with zero attached hydrogens (tertiary/aromatic N) is 3. The highest BCUT2D eigenvalue weighted by molar-refractivity contribution is 5.89. The van der Waals surface area contributed by atoms with E-state index in [4.69, 9.17) is 0 Å². The van der Waals surface area contributed by atoms with E-state index in [-0.39, 0.29) is 0 Å². The zero-order valence-corrected chi connectivity index (χ0v) is 11.4. The standard InChI is InChI=1S/C16H15N3O/c1-11(2)14-7-8-19(18-14)16-13(10-20)9-12-5-3-4-6-15(12)17-16/h3-11H,1-2H3. The summed E-state index contributed by atoms with van der Waals surface area (Å²) in [4.78, 5) is 15.9. The van der Waals surface area contributed by atoms with Crippen molar-refractivity contribution >= 4 is 17.2 Å². The Labute approximate surface area is 117 Å². The van der Waals surface area contributed by atoms with Gasteiger partial charge in [-0.25, -0.2) is 9.67 Å². The highest BCUT2D eigenvalue weighted by atomic mass is 16.1. The molecule has 0 unspecified atom stereocenters. The Balaban J connectivity index is 2.20. The number of rotatable bonds is 3. The molecule has 1 aromatic carbocycles. The van der Waals surface area contributed by atoms with Gasteiger partial charge in [-0.15, -0.1) is 0 Å². The molecule has 0 atom stereocenters. The second-order valence-electron chi connectivity index (χ2n) is 5.05. The van der Waals surface area contributed by atoms with Gasteiger partial charge in [0.1, 0.15) is 0 Å². The van der Waals surface area contributed by atoms with Crippen LogP contribution in [0.2, 0.25) is 0 Å². The molecule has 0 fully saturated rings. The van der Waals surface area contributed by atoms with E-state index in [9.17, 15) is 4.79 Å². The highest BCUT2D eigenvalue weighted by Crippen LogP contribution is 2.19. The summed E-state index contributed by atoms with van der Waals surface area (Å²) >= 11 is 0. The van der Waals surface area contributed by atoms with Gasteiger partial charge in [-0.3, -0.25) is 4.79 Å². The summed E-state index contributed by atoms with van der Waals surface area (Å²) < 4.78 is 1.67. The Kier molecular flexibility index (Phi) is 3.06. The lowest BCUT2D eigenvalue weighted by Gasteiger charge is -2.06. The summed E-state index contributed by atoms with van der Waals surface area (Å²) in [5, 5.41) is 5.44. The molecule has 4 nitrogen and oxygen atoms in total. The summed E-state index contributed by atoms with van der Waals surface area (Å²) in [6, 6.07) is 11.5. The van der Waals surface area contributed by atoms with Crippen LogP contribution in [0.4, 0.5) is 0 Å². The molecule has 0 aliphatic heterocycles. The Morgan fingerprint density at radius 3 is 2.70 bits per heavy atom. The highest BCUT2D eigenvalue weighted by Gasteiger charge is 2.11. The maximum atomic E-state index is 11.3. The molecule has 3 rings (SSSR count). The second kappa shape index (κ2) is 4.89. The minimum Gasteiger partial charge on any atom is -0.298 e. The van der Waals surface area contributed by atoms with Crippen LogP contribution in [0.1, 0.15) is 35.8 Å². The third kappa shape index (κ3) is 2.09. The van der Waals surface area contributed by atoms with Crippen molar-refractivity contribution in [2.24, 2.45) is 0 Å². The molecular formula is C16H15N3O. The van der Waals surface area contributed by atoms with E-state index in [2.05, 4.69) is 23.9 Å². The molecule has 0 N–H and O–H groups in total. The van der Waals surface area contributed by atoms with Crippen LogP contribution in [0.5, 0.6) is 0 Å². The average Bonchev–Trinajstić information content (AvgIpc) is 2.95. The lowest BCUT2D eigenvalue weighted by Crippen LogP contribution is -2.04. The van der Waals surface area contributed by atoms with Gasteiger partial charge in [-0.1, -0.05) is 32.0 Å². The van der Waals surface area contributed by atoms with E-state index in [0.29, 0.717) is 17.3 Å². The minimum absolute atomic E-state index is 0.344. The van der Waals surface area contributed by atoms with Crippen molar-refractivity contribution < 1.29 is 4.79 Å². The van der Waals surface area contributed by atoms with Crippen LogP contribution in [-0.2, 0) is 0 Å². The molecule has 3 aromatic rings. The number of para-hydroxylation sites is 1. The van der Waals surface area contributed by atoms with E-state index in [1.165, 1.54) is 0 Å². The predicted octanol–water partition coefficient (Wildman–Crippen LogP) is 3.36. The molecule has 0 spiro atoms. The van der Waals surface area contributed by atoms with Gasteiger partial charge in [0.05, 0.1) is 16.8 Å². The molecule has 0 bridgehead atoms. The summed E-state index contributed by atoms with van der Waals surface area (Å²) in [6.45, 7) is 4.17. The lowest BCUT2D eigenvalue weighted by atomic mass is 10.1. The summed E-state index contributed by atoms with van der Waals surface area (Å²) in [5.41, 5.74) is 2.38. The Bertz CT molecular complexity index is 774. The first-order valence-corrected chi connectivity index (χ1v) is 6.60. The molecule has 0 radical (unpaired) electrons. The van der Waals surface area contributed by atoms with E-state index in [0.717, 1.165) is 22.9 Å². The van der Waals surface area contributed by atoms with Crippen LogP contribution in [0.25, 0.3) is 16.7 Å². The molecule has 100 valence electrons. The van der Waals surface area contributed by atoms with Gasteiger partial charge >= 0.3 is 0 Å². The van der Waals surface area contributed by atoms with Gasteiger partial charge in [0.25, 0.3) is 0 Å². The van der Waals surface area contributed by atoms with Gasteiger partial charge in [0, 0.05) is 11.6 Å². The second-order valence-corrected chi connectivity index (χ2v) is 5.05. The van der Waals surface area contributed by atoms with Gasteiger partial charge in [0.15, 0.2) is 12.1 Å². The lowest BCUT2D eigenvalue weighted by molar-refractivity contribution is 0.112. The number of pyridine rings is 1. The van der Waals surface area contributed by atoms with E-state index >= 15 is 0 Å². The molecule has 2 aromatic heterocycles. The molecule has 0 aliphatic rings. The third-order valence-electron chi connectivity index (χ3n) is 3.28. The fourth-order valence-corrected chi connectivity index (χ4v) is 2.16. The predicted molar refractivity (Wildman–Crippen MR) is 78.3 cm³/mol. The zero-order chi connectivity index (χ0) is 14.1. The molecular weight excluding hydrogens is 250 g/mol. The monoisotopic (exact) mass is 265 g/mol. The molecule has 0 saturated carbocycles. The molecule has 0 saturated heterocycles. The average molecular weight is 265 g/mol. The number of fused-ring (bicyclic) bond motifs is 1. The number of carbonyl (C=O) groups excluding carboxylic acids is 1. The van der Waals surface area contributed by atoms with Gasteiger partial charge < -0.3 is 0 Å². The fourth-order valence-electron chi connectivity index (χ4n) is 2.16. The SMILES string of the molecule is CC(C)c1ccn(-c2nc3ccccc3cc2C=O)n1. The molecule has 0 aliphatic carbocycles. The summed E-state index contributed by atoms with van der Waals surface area (Å²) in [5.74, 6) is 0.919. The summed E-state index contributed by atoms with van der Waals surface area (Å²) in [6.07, 6.45) is 2.67. The molecule has 2 heterocycles. The zero-order valence-electron chi connectivity index (χ0n) is 11.4. The number of aldehydes is 1. The normalized spacial score (nSPS) is 11.2. The van der Waals surface area contributed by atoms with E-state index < -0.39 is 0 Å². The van der Waals surface area contributed by atoms with Crippen LogP contribution < -0.4 is 0 Å². The van der Waals surface area contributed by atoms with Crippen LogP contribution in [0.15, 0.2) is 42.6 Å². The van der Waals surface area contributed by atoms with Crippen molar-refractivity contribution in [3.05, 3.63) is 53.9 Å². The largest absolute Gasteiger partial charge is 0.298 e. The van der Waals surface area contributed by atoms with Crippen molar-refractivity contribution in [2.45, 2.75) is 19.8 Å². The number of hydrogen-bond acceptors (Lipinski definition) is 3. The van der Waals surface area contributed by atoms with Crippen molar-refractivity contribution in [3.63, 3.8) is 0 Å². The fraction of sp³-hybridized carbons (Fsp3) is 0.188. The van der Waals surface area contributed by atoms with E-state index in [1.54, 1.807) is 4.68 Å². The minimum atomic E-state index is 0.344. The summed E-state index contributed by atoms with van der Waals surface area (Å²) in [7, 11) is 0. The maximum absolute atomic E-state index is 11.3. The molecule has 4 heteroatoms. The van der Waals surface area contributed by atoms with Crippen molar-refractivity contribution in [1.29, 1.82) is 0 Å². The van der Waals surface area contributed by atoms with Gasteiger partial charge in [0.2, 0.25) is 0 Å². The first-order valence-electron chi connectivity index (χ1n) is 6.60. The van der Waals surface area contributed by atoms with Gasteiger partial charge in [-0.2, -0.15) is 5.10 Å². The number of hydrogen-bond donors (Lipinski definition) is 0. The Morgan fingerprint density at radius 1 is 1.20 bits per heavy atom. The van der Waals surface area contributed by atoms with Crippen LogP contribution >= 0.6 is 0 Å². The Hall–Kier alpha value is -2.49. The molecule has 20 heavy (non-hydrogen) atoms. The smallest absolute Gasteiger partial charge is 0.164 e. The van der Waals surface area contributed by atoms with Gasteiger partial charge in [-0.05, 0) is 24.1 Å². The number of aromatic nitrogens is 3. The van der Waals surface area contributed by atoms with Crippen molar-refractivity contribution in [3.8, 4) is 5.82 Å². The number of carbonyl (C=O) groups is 1. The first kappa shape index (κ1) is 12.5. The molecule has 0 amide bonds. The topological polar surface area (TPSA) is 47.8 Å². The number of benzene rings is 1. The maximum Gasteiger partial charge on any atom is 0.164 e.